The largest absolute Gasteiger partial charge is 0.478 e. The molecule has 0 unspecified atom stereocenters. The number of hydrogen-bond donors (Lipinski definition) is 1. The molecule has 7 nitrogen and oxygen atoms in total. The molecule has 0 aromatic heterocycles. The quantitative estimate of drug-likeness (QED) is 0.449. The Morgan fingerprint density at radius 2 is 1.83 bits per heavy atom. The lowest BCUT2D eigenvalue weighted by Crippen LogP contribution is -2.37. The Hall–Kier alpha value is -2.44. The molecule has 0 aliphatic rings. The number of hydrogen-bond acceptors (Lipinski definition) is 4. The van der Waals surface area contributed by atoms with Crippen LogP contribution in [0.4, 0.5) is 5.69 Å². The van der Waals surface area contributed by atoms with Crippen LogP contribution in [0, 0.1) is 10.1 Å². The summed E-state index contributed by atoms with van der Waals surface area (Å²) in [7, 11) is 0. The van der Waals surface area contributed by atoms with Gasteiger partial charge in [-0.15, -0.1) is 0 Å². The summed E-state index contributed by atoms with van der Waals surface area (Å²) in [6.07, 6.45) is 2.83. The molecule has 0 atom stereocenters. The van der Waals surface area contributed by atoms with Crippen molar-refractivity contribution in [3.63, 3.8) is 0 Å². The van der Waals surface area contributed by atoms with Crippen molar-refractivity contribution in [2.24, 2.45) is 0 Å². The van der Waals surface area contributed by atoms with Crippen LogP contribution < -0.4 is 0 Å². The Morgan fingerprint density at radius 3 is 2.30 bits per heavy atom. The van der Waals surface area contributed by atoms with E-state index < -0.39 is 16.6 Å². The third-order valence-electron chi connectivity index (χ3n) is 3.51. The maximum Gasteiger partial charge on any atom is 0.335 e. The van der Waals surface area contributed by atoms with Gasteiger partial charge in [0.1, 0.15) is 0 Å². The fraction of sp³-hybridized carbons (Fsp3) is 0.500. The molecule has 0 bridgehead atoms. The number of carboxylic acids is 1. The third-order valence-corrected chi connectivity index (χ3v) is 3.51. The molecule has 0 radical (unpaired) electrons. The van der Waals surface area contributed by atoms with Gasteiger partial charge in [0, 0.05) is 30.3 Å². The molecule has 1 rings (SSSR count). The number of nitro groups is 1. The summed E-state index contributed by atoms with van der Waals surface area (Å²) in [4.78, 5) is 35.6. The number of carbonyl (C=O) groups is 2. The smallest absolute Gasteiger partial charge is 0.335 e. The van der Waals surface area contributed by atoms with Crippen LogP contribution in [0.25, 0.3) is 0 Å². The van der Waals surface area contributed by atoms with Crippen molar-refractivity contribution in [2.45, 2.75) is 46.1 Å². The second-order valence-corrected chi connectivity index (χ2v) is 5.63. The number of aromatic carboxylic acids is 1. The van der Waals surface area contributed by atoms with Gasteiger partial charge in [0.05, 0.1) is 10.5 Å². The first-order chi connectivity index (χ1) is 10.8. The van der Waals surface area contributed by atoms with Crippen LogP contribution in [0.1, 0.15) is 60.7 Å². The van der Waals surface area contributed by atoms with Gasteiger partial charge in [-0.3, -0.25) is 14.9 Å². The summed E-state index contributed by atoms with van der Waals surface area (Å²) in [6, 6.07) is 3.19. The van der Waals surface area contributed by atoms with Crippen LogP contribution in [0.2, 0.25) is 0 Å². The zero-order chi connectivity index (χ0) is 17.6. The first-order valence-electron chi connectivity index (χ1n) is 7.61. The van der Waals surface area contributed by atoms with E-state index in [9.17, 15) is 19.7 Å². The monoisotopic (exact) mass is 322 g/mol. The number of rotatable bonds is 8. The zero-order valence-electron chi connectivity index (χ0n) is 13.6. The molecule has 1 amide bonds. The molecule has 7 heteroatoms. The van der Waals surface area contributed by atoms with E-state index in [1.165, 1.54) is 6.07 Å². The standard InChI is InChI=1S/C16H22N2O5/c1-4-5-6-7-17(11(2)3)15(19)12-8-13(16(20)21)10-14(9-12)18(22)23/h8-11H,4-7H2,1-3H3,(H,20,21). The summed E-state index contributed by atoms with van der Waals surface area (Å²) < 4.78 is 0. The predicted octanol–water partition coefficient (Wildman–Crippen LogP) is 3.33. The van der Waals surface area contributed by atoms with Crippen molar-refractivity contribution in [1.29, 1.82) is 0 Å². The topological polar surface area (TPSA) is 101 Å². The summed E-state index contributed by atoms with van der Waals surface area (Å²) in [5.41, 5.74) is -0.632. The normalized spacial score (nSPS) is 10.6. The van der Waals surface area contributed by atoms with E-state index in [1.54, 1.807) is 4.90 Å². The van der Waals surface area contributed by atoms with Crippen molar-refractivity contribution < 1.29 is 19.6 Å². The minimum atomic E-state index is -1.30. The summed E-state index contributed by atoms with van der Waals surface area (Å²) >= 11 is 0. The van der Waals surface area contributed by atoms with Crippen LogP contribution in [0.15, 0.2) is 18.2 Å². The first-order valence-corrected chi connectivity index (χ1v) is 7.61. The first kappa shape index (κ1) is 18.6. The van der Waals surface area contributed by atoms with Gasteiger partial charge >= 0.3 is 5.97 Å². The number of nitro benzene ring substituents is 1. The van der Waals surface area contributed by atoms with Gasteiger partial charge in [-0.05, 0) is 26.3 Å². The third kappa shape index (κ3) is 5.05. The van der Waals surface area contributed by atoms with Crippen LogP contribution in [0.5, 0.6) is 0 Å². The van der Waals surface area contributed by atoms with Crippen LogP contribution in [0.3, 0.4) is 0 Å². The maximum absolute atomic E-state index is 12.6. The lowest BCUT2D eigenvalue weighted by atomic mass is 10.1. The van der Waals surface area contributed by atoms with E-state index in [4.69, 9.17) is 5.11 Å². The van der Waals surface area contributed by atoms with Crippen molar-refractivity contribution in [3.05, 3.63) is 39.4 Å². The van der Waals surface area contributed by atoms with Crippen molar-refractivity contribution >= 4 is 17.6 Å². The van der Waals surface area contributed by atoms with Gasteiger partial charge in [-0.1, -0.05) is 19.8 Å². The summed E-state index contributed by atoms with van der Waals surface area (Å²) in [6.45, 7) is 6.31. The number of nitrogens with zero attached hydrogens (tertiary/aromatic N) is 2. The van der Waals surface area contributed by atoms with Gasteiger partial charge in [0.15, 0.2) is 0 Å². The average molecular weight is 322 g/mol. The molecule has 0 aliphatic heterocycles. The molecule has 1 aromatic rings. The van der Waals surface area contributed by atoms with E-state index in [-0.39, 0.29) is 23.1 Å². The Kier molecular flexibility index (Phi) is 6.68. The van der Waals surface area contributed by atoms with E-state index in [2.05, 4.69) is 6.92 Å². The van der Waals surface area contributed by atoms with Crippen LogP contribution >= 0.6 is 0 Å². The molecular weight excluding hydrogens is 300 g/mol. The van der Waals surface area contributed by atoms with Crippen molar-refractivity contribution in [2.75, 3.05) is 6.54 Å². The highest BCUT2D eigenvalue weighted by atomic mass is 16.6. The Morgan fingerprint density at radius 1 is 1.22 bits per heavy atom. The Balaban J connectivity index is 3.17. The number of carbonyl (C=O) groups excluding carboxylic acids is 1. The van der Waals surface area contributed by atoms with Gasteiger partial charge < -0.3 is 10.0 Å². The van der Waals surface area contributed by atoms with Gasteiger partial charge in [0.25, 0.3) is 11.6 Å². The van der Waals surface area contributed by atoms with E-state index >= 15 is 0 Å². The molecule has 1 N–H and O–H groups in total. The number of amides is 1. The zero-order valence-corrected chi connectivity index (χ0v) is 13.6. The average Bonchev–Trinajstić information content (AvgIpc) is 2.50. The second kappa shape index (κ2) is 8.26. The Bertz CT molecular complexity index is 566. The summed E-state index contributed by atoms with van der Waals surface area (Å²) in [5.74, 6) is -1.69. The van der Waals surface area contributed by atoms with Crippen LogP contribution in [-0.2, 0) is 0 Å². The highest BCUT2D eigenvalue weighted by Crippen LogP contribution is 2.20. The Labute approximate surface area is 135 Å². The molecule has 23 heavy (non-hydrogen) atoms. The highest BCUT2D eigenvalue weighted by Gasteiger charge is 2.22. The molecule has 0 heterocycles. The van der Waals surface area contributed by atoms with Gasteiger partial charge in [-0.25, -0.2) is 4.79 Å². The molecule has 0 spiro atoms. The maximum atomic E-state index is 12.6. The number of non-ortho nitro benzene ring substituents is 1. The minimum Gasteiger partial charge on any atom is -0.478 e. The molecular formula is C16H22N2O5. The van der Waals surface area contributed by atoms with Gasteiger partial charge in [0.2, 0.25) is 0 Å². The predicted molar refractivity (Wildman–Crippen MR) is 85.8 cm³/mol. The molecule has 0 saturated carbocycles. The molecule has 1 aromatic carbocycles. The molecule has 0 fully saturated rings. The number of carboxylic acid groups (broad SMARTS) is 1. The van der Waals surface area contributed by atoms with Crippen molar-refractivity contribution in [3.8, 4) is 0 Å². The minimum absolute atomic E-state index is 0.0294. The molecule has 0 saturated heterocycles. The number of benzene rings is 1. The van der Waals surface area contributed by atoms with Gasteiger partial charge in [-0.2, -0.15) is 0 Å². The van der Waals surface area contributed by atoms with Crippen LogP contribution in [-0.4, -0.2) is 39.4 Å². The summed E-state index contributed by atoms with van der Waals surface area (Å²) in [5, 5.41) is 20.0. The fourth-order valence-corrected chi connectivity index (χ4v) is 2.26. The van der Waals surface area contributed by atoms with Crippen molar-refractivity contribution in [1.82, 2.24) is 4.90 Å². The lowest BCUT2D eigenvalue weighted by molar-refractivity contribution is -0.384. The fourth-order valence-electron chi connectivity index (χ4n) is 2.26. The van der Waals surface area contributed by atoms with E-state index in [1.807, 2.05) is 13.8 Å². The lowest BCUT2D eigenvalue weighted by Gasteiger charge is -2.27. The van der Waals surface area contributed by atoms with E-state index in [0.717, 1.165) is 31.4 Å². The van der Waals surface area contributed by atoms with E-state index in [0.29, 0.717) is 6.54 Å². The second-order valence-electron chi connectivity index (χ2n) is 5.63. The number of unbranched alkanes of at least 4 members (excludes halogenated alkanes) is 2. The SMILES string of the molecule is CCCCCN(C(=O)c1cc(C(=O)O)cc([N+](=O)[O-])c1)C(C)C. The molecule has 126 valence electrons. The molecule has 0 aliphatic carbocycles. The highest BCUT2D eigenvalue weighted by molar-refractivity contribution is 5.98.